The fourth-order valence-corrected chi connectivity index (χ4v) is 6.77. The fraction of sp³-hybridized carbons (Fsp3) is 0.857. The third kappa shape index (κ3) is 4.97. The monoisotopic (exact) mass is 411 g/mol. The van der Waals surface area contributed by atoms with Gasteiger partial charge < -0.3 is 9.30 Å². The molecule has 1 aromatic heterocycles. The van der Waals surface area contributed by atoms with Gasteiger partial charge in [0, 0.05) is 26.2 Å². The van der Waals surface area contributed by atoms with Crippen LogP contribution >= 0.6 is 0 Å². The number of hydrogen-bond acceptors (Lipinski definition) is 5. The molecule has 0 aromatic carbocycles. The second-order valence-electron chi connectivity index (χ2n) is 8.36. The normalized spacial score (nSPS) is 23.0. The van der Waals surface area contributed by atoms with Crippen molar-refractivity contribution in [2.75, 3.05) is 20.3 Å². The van der Waals surface area contributed by atoms with E-state index in [0.717, 1.165) is 63.7 Å². The molecular weight excluding hydrogens is 374 g/mol. The third-order valence-electron chi connectivity index (χ3n) is 6.50. The molecule has 6 nitrogen and oxygen atoms in total. The van der Waals surface area contributed by atoms with Crippen LogP contribution in [0, 0.1) is 0 Å². The molecular formula is C21H37N3O3S. The summed E-state index contributed by atoms with van der Waals surface area (Å²) in [5, 5.41) is -0.0265. The lowest BCUT2D eigenvalue weighted by atomic mass is 10.00. The van der Waals surface area contributed by atoms with Crippen LogP contribution in [0.5, 0.6) is 0 Å². The van der Waals surface area contributed by atoms with Crippen LogP contribution in [0.3, 0.4) is 0 Å². The van der Waals surface area contributed by atoms with E-state index >= 15 is 0 Å². The van der Waals surface area contributed by atoms with E-state index < -0.39 is 9.84 Å². The van der Waals surface area contributed by atoms with Crippen molar-refractivity contribution in [3.63, 3.8) is 0 Å². The SMILES string of the molecule is CCC1CCCCN1Cc1cnc(S(=O)(=O)C2CCCCCC2)n1CCOC. The van der Waals surface area contributed by atoms with Crippen molar-refractivity contribution in [3.05, 3.63) is 11.9 Å². The Hall–Kier alpha value is -0.920. The van der Waals surface area contributed by atoms with Gasteiger partial charge in [-0.3, -0.25) is 4.90 Å². The lowest BCUT2D eigenvalue weighted by Gasteiger charge is -2.35. The topological polar surface area (TPSA) is 64.4 Å². The molecule has 0 amide bonds. The highest BCUT2D eigenvalue weighted by molar-refractivity contribution is 7.91. The highest BCUT2D eigenvalue weighted by atomic mass is 32.2. The molecule has 1 saturated heterocycles. The van der Waals surface area contributed by atoms with Crippen LogP contribution in [0.15, 0.2) is 11.4 Å². The third-order valence-corrected chi connectivity index (χ3v) is 8.69. The van der Waals surface area contributed by atoms with Crippen LogP contribution in [0.4, 0.5) is 0 Å². The standard InChI is InChI=1S/C21H37N3O3S/c1-3-18-10-8-9-13-23(18)17-19-16-22-21(24(19)14-15-27-2)28(25,26)20-11-6-4-5-7-12-20/h16,18,20H,3-15,17H2,1-2H3. The Labute approximate surface area is 170 Å². The van der Waals surface area contributed by atoms with E-state index in [1.165, 1.54) is 19.3 Å². The molecule has 1 aromatic rings. The first-order valence-electron chi connectivity index (χ1n) is 11.1. The van der Waals surface area contributed by atoms with Gasteiger partial charge in [0.15, 0.2) is 0 Å². The van der Waals surface area contributed by atoms with Crippen LogP contribution in [-0.2, 0) is 27.7 Å². The maximum absolute atomic E-state index is 13.4. The Morgan fingerprint density at radius 3 is 2.50 bits per heavy atom. The maximum Gasteiger partial charge on any atom is 0.228 e. The van der Waals surface area contributed by atoms with Gasteiger partial charge in [0.2, 0.25) is 15.0 Å². The van der Waals surface area contributed by atoms with Crippen molar-refractivity contribution in [2.45, 2.75) is 101 Å². The lowest BCUT2D eigenvalue weighted by Crippen LogP contribution is -2.39. The number of ether oxygens (including phenoxy) is 1. The highest BCUT2D eigenvalue weighted by Crippen LogP contribution is 2.29. The summed E-state index contributed by atoms with van der Waals surface area (Å²) in [6.45, 7) is 5.13. The summed E-state index contributed by atoms with van der Waals surface area (Å²) < 4.78 is 34.0. The van der Waals surface area contributed by atoms with Crippen molar-refractivity contribution in [3.8, 4) is 0 Å². The zero-order valence-electron chi connectivity index (χ0n) is 17.6. The largest absolute Gasteiger partial charge is 0.383 e. The maximum atomic E-state index is 13.4. The number of aromatic nitrogens is 2. The van der Waals surface area contributed by atoms with Crippen LogP contribution < -0.4 is 0 Å². The number of sulfone groups is 1. The molecule has 0 radical (unpaired) electrons. The number of piperidine rings is 1. The van der Waals surface area contributed by atoms with E-state index in [2.05, 4.69) is 16.8 Å². The molecule has 0 N–H and O–H groups in total. The predicted octanol–water partition coefficient (Wildman–Crippen LogP) is 3.79. The van der Waals surface area contributed by atoms with Gasteiger partial charge in [-0.2, -0.15) is 0 Å². The predicted molar refractivity (Wildman–Crippen MR) is 111 cm³/mol. The van der Waals surface area contributed by atoms with Crippen molar-refractivity contribution in [1.82, 2.24) is 14.5 Å². The van der Waals surface area contributed by atoms with E-state index in [1.54, 1.807) is 13.3 Å². The number of rotatable bonds is 8. The Bertz CT molecular complexity index is 708. The molecule has 0 spiro atoms. The molecule has 7 heteroatoms. The summed E-state index contributed by atoms with van der Waals surface area (Å²) >= 11 is 0. The van der Waals surface area contributed by atoms with Crippen molar-refractivity contribution < 1.29 is 13.2 Å². The smallest absolute Gasteiger partial charge is 0.228 e. The minimum Gasteiger partial charge on any atom is -0.383 e. The Kier molecular flexibility index (Phi) is 7.94. The summed E-state index contributed by atoms with van der Waals surface area (Å²) in [5.74, 6) is 0. The van der Waals surface area contributed by atoms with Crippen molar-refractivity contribution >= 4 is 9.84 Å². The molecule has 28 heavy (non-hydrogen) atoms. The molecule has 1 unspecified atom stereocenters. The van der Waals surface area contributed by atoms with Gasteiger partial charge in [-0.15, -0.1) is 0 Å². The van der Waals surface area contributed by atoms with Gasteiger partial charge in [0.1, 0.15) is 0 Å². The van der Waals surface area contributed by atoms with Crippen LogP contribution in [0.1, 0.15) is 76.8 Å². The van der Waals surface area contributed by atoms with Gasteiger partial charge in [0.25, 0.3) is 0 Å². The van der Waals surface area contributed by atoms with Gasteiger partial charge in [-0.05, 0) is 38.6 Å². The number of likely N-dealkylation sites (tertiary alicyclic amines) is 1. The van der Waals surface area contributed by atoms with E-state index in [1.807, 2.05) is 4.57 Å². The number of imidazole rings is 1. The molecule has 1 atom stereocenters. The molecule has 1 aliphatic carbocycles. The van der Waals surface area contributed by atoms with E-state index in [9.17, 15) is 8.42 Å². The summed E-state index contributed by atoms with van der Waals surface area (Å²) in [6, 6.07) is 0.585. The summed E-state index contributed by atoms with van der Waals surface area (Å²) in [5.41, 5.74) is 1.00. The molecule has 1 aliphatic heterocycles. The number of nitrogens with zero attached hydrogens (tertiary/aromatic N) is 3. The summed E-state index contributed by atoms with van der Waals surface area (Å²) in [7, 11) is -1.75. The van der Waals surface area contributed by atoms with Gasteiger partial charge in [-0.1, -0.05) is 39.0 Å². The molecule has 3 rings (SSSR count). The first-order valence-corrected chi connectivity index (χ1v) is 12.6. The second kappa shape index (κ2) is 10.2. The lowest BCUT2D eigenvalue weighted by molar-refractivity contribution is 0.130. The first-order chi connectivity index (χ1) is 13.6. The van der Waals surface area contributed by atoms with Gasteiger partial charge >= 0.3 is 0 Å². The average Bonchev–Trinajstić information content (AvgIpc) is 2.91. The second-order valence-corrected chi connectivity index (χ2v) is 10.5. The Morgan fingerprint density at radius 2 is 1.82 bits per heavy atom. The Morgan fingerprint density at radius 1 is 1.11 bits per heavy atom. The molecule has 1 saturated carbocycles. The highest BCUT2D eigenvalue weighted by Gasteiger charge is 2.33. The minimum absolute atomic E-state index is 0.261. The zero-order valence-corrected chi connectivity index (χ0v) is 18.4. The Balaban J connectivity index is 1.86. The minimum atomic E-state index is -3.41. The van der Waals surface area contributed by atoms with Crippen molar-refractivity contribution in [2.24, 2.45) is 0 Å². The van der Waals surface area contributed by atoms with Crippen LogP contribution in [0.25, 0.3) is 0 Å². The number of hydrogen-bond donors (Lipinski definition) is 0. The molecule has 2 fully saturated rings. The average molecular weight is 412 g/mol. The quantitative estimate of drug-likeness (QED) is 0.609. The van der Waals surface area contributed by atoms with Gasteiger partial charge in [0.05, 0.1) is 23.7 Å². The van der Waals surface area contributed by atoms with E-state index in [0.29, 0.717) is 19.2 Å². The number of methoxy groups -OCH3 is 1. The van der Waals surface area contributed by atoms with Crippen LogP contribution in [0.2, 0.25) is 0 Å². The van der Waals surface area contributed by atoms with Crippen LogP contribution in [-0.4, -0.2) is 54.4 Å². The molecule has 0 bridgehead atoms. The zero-order chi connectivity index (χ0) is 20.0. The molecule has 160 valence electrons. The van der Waals surface area contributed by atoms with E-state index in [4.69, 9.17) is 4.74 Å². The summed E-state index contributed by atoms with van der Waals surface area (Å²) in [4.78, 5) is 6.96. The molecule has 2 aliphatic rings. The fourth-order valence-electron chi connectivity index (χ4n) is 4.81. The summed E-state index contributed by atoms with van der Waals surface area (Å²) in [6.07, 6.45) is 12.5. The molecule has 2 heterocycles. The van der Waals surface area contributed by atoms with E-state index in [-0.39, 0.29) is 10.4 Å². The first kappa shape index (κ1) is 21.8. The van der Waals surface area contributed by atoms with Gasteiger partial charge in [-0.25, -0.2) is 13.4 Å². The van der Waals surface area contributed by atoms with Crippen molar-refractivity contribution in [1.29, 1.82) is 0 Å².